The summed E-state index contributed by atoms with van der Waals surface area (Å²) < 4.78 is 0. The molecule has 1 aromatic carbocycles. The Morgan fingerprint density at radius 2 is 1.72 bits per heavy atom. The summed E-state index contributed by atoms with van der Waals surface area (Å²) in [6, 6.07) is 7.93. The number of hydrogen-bond acceptors (Lipinski definition) is 2. The van der Waals surface area contributed by atoms with Crippen LogP contribution in [0.5, 0.6) is 0 Å². The van der Waals surface area contributed by atoms with Gasteiger partial charge in [0.25, 0.3) is 0 Å². The van der Waals surface area contributed by atoms with Crippen molar-refractivity contribution in [2.24, 2.45) is 5.41 Å². The Hall–Kier alpha value is -1.46. The number of nitrogens with zero attached hydrogens (tertiary/aromatic N) is 1. The standard InChI is InChI=1S/C16H23NO/c1-16(2,3)12-6-7-15(18)13-8-10-14(11-9-13)17(4)5/h8-11,15,18H,7H2,1-5H3. The van der Waals surface area contributed by atoms with E-state index in [1.54, 1.807) is 0 Å². The maximum Gasteiger partial charge on any atom is 0.0899 e. The largest absolute Gasteiger partial charge is 0.387 e. The smallest absolute Gasteiger partial charge is 0.0899 e. The average molecular weight is 245 g/mol. The summed E-state index contributed by atoms with van der Waals surface area (Å²) in [6.45, 7) is 6.20. The Kier molecular flexibility index (Phi) is 4.81. The fourth-order valence-electron chi connectivity index (χ4n) is 1.53. The van der Waals surface area contributed by atoms with Gasteiger partial charge in [0, 0.05) is 31.6 Å². The molecule has 0 radical (unpaired) electrons. The van der Waals surface area contributed by atoms with Gasteiger partial charge in [-0.15, -0.1) is 0 Å². The second-order valence-corrected chi connectivity index (χ2v) is 5.76. The molecule has 1 rings (SSSR count). The molecular weight excluding hydrogens is 222 g/mol. The summed E-state index contributed by atoms with van der Waals surface area (Å²) in [4.78, 5) is 2.04. The van der Waals surface area contributed by atoms with Gasteiger partial charge in [-0.25, -0.2) is 0 Å². The first-order chi connectivity index (χ1) is 8.29. The molecular formula is C16H23NO. The highest BCUT2D eigenvalue weighted by atomic mass is 16.3. The first kappa shape index (κ1) is 14.6. The molecule has 0 aromatic heterocycles. The SMILES string of the molecule is CN(C)c1ccc(C(O)CC#CC(C)(C)C)cc1. The number of aliphatic hydroxyl groups excluding tert-OH is 1. The predicted octanol–water partition coefficient (Wildman–Crippen LogP) is 3.23. The summed E-state index contributed by atoms with van der Waals surface area (Å²) in [6.07, 6.45) is -0.0189. The highest BCUT2D eigenvalue weighted by Crippen LogP contribution is 2.20. The van der Waals surface area contributed by atoms with E-state index in [1.807, 2.05) is 43.3 Å². The van der Waals surface area contributed by atoms with Gasteiger partial charge in [0.05, 0.1) is 6.10 Å². The molecule has 0 saturated carbocycles. The Morgan fingerprint density at radius 3 is 2.17 bits per heavy atom. The maximum atomic E-state index is 10.0. The Bertz CT molecular complexity index is 429. The Labute approximate surface area is 111 Å². The van der Waals surface area contributed by atoms with Crippen LogP contribution in [0.3, 0.4) is 0 Å². The first-order valence-electron chi connectivity index (χ1n) is 6.25. The van der Waals surface area contributed by atoms with Crippen LogP contribution in [0.15, 0.2) is 24.3 Å². The van der Waals surface area contributed by atoms with E-state index in [2.05, 4.69) is 32.6 Å². The number of aliphatic hydroxyl groups is 1. The van der Waals surface area contributed by atoms with Crippen LogP contribution in [0.1, 0.15) is 38.9 Å². The predicted molar refractivity (Wildman–Crippen MR) is 77.6 cm³/mol. The van der Waals surface area contributed by atoms with E-state index in [0.717, 1.165) is 11.3 Å². The number of hydrogen-bond donors (Lipinski definition) is 1. The van der Waals surface area contributed by atoms with Crippen LogP contribution in [0.2, 0.25) is 0 Å². The fraction of sp³-hybridized carbons (Fsp3) is 0.500. The van der Waals surface area contributed by atoms with Gasteiger partial charge in [-0.2, -0.15) is 0 Å². The van der Waals surface area contributed by atoms with Crippen molar-refractivity contribution < 1.29 is 5.11 Å². The highest BCUT2D eigenvalue weighted by Gasteiger charge is 2.07. The molecule has 18 heavy (non-hydrogen) atoms. The van der Waals surface area contributed by atoms with Crippen LogP contribution in [0.25, 0.3) is 0 Å². The third kappa shape index (κ3) is 4.81. The number of rotatable bonds is 3. The minimum absolute atomic E-state index is 0.00546. The summed E-state index contributed by atoms with van der Waals surface area (Å²) in [5, 5.41) is 10.0. The van der Waals surface area contributed by atoms with Crippen LogP contribution in [0, 0.1) is 17.3 Å². The van der Waals surface area contributed by atoms with Crippen molar-refractivity contribution in [2.45, 2.75) is 33.3 Å². The van der Waals surface area contributed by atoms with Crippen LogP contribution in [0.4, 0.5) is 5.69 Å². The van der Waals surface area contributed by atoms with Crippen molar-refractivity contribution in [3.63, 3.8) is 0 Å². The average Bonchev–Trinajstić information content (AvgIpc) is 2.27. The van der Waals surface area contributed by atoms with Crippen molar-refractivity contribution in [3.8, 4) is 11.8 Å². The second-order valence-electron chi connectivity index (χ2n) is 5.76. The van der Waals surface area contributed by atoms with Gasteiger partial charge >= 0.3 is 0 Å². The van der Waals surface area contributed by atoms with Gasteiger partial charge < -0.3 is 10.0 Å². The van der Waals surface area contributed by atoms with Gasteiger partial charge in [0.15, 0.2) is 0 Å². The van der Waals surface area contributed by atoms with E-state index in [-0.39, 0.29) is 5.41 Å². The number of anilines is 1. The van der Waals surface area contributed by atoms with E-state index in [0.29, 0.717) is 6.42 Å². The lowest BCUT2D eigenvalue weighted by molar-refractivity contribution is 0.184. The second kappa shape index (κ2) is 5.93. The zero-order chi connectivity index (χ0) is 13.8. The van der Waals surface area contributed by atoms with Gasteiger partial charge in [-0.3, -0.25) is 0 Å². The zero-order valence-electron chi connectivity index (χ0n) is 12.0. The highest BCUT2D eigenvalue weighted by molar-refractivity contribution is 5.46. The van der Waals surface area contributed by atoms with Crippen LogP contribution in [-0.4, -0.2) is 19.2 Å². The summed E-state index contributed by atoms with van der Waals surface area (Å²) in [7, 11) is 4.00. The molecule has 1 atom stereocenters. The first-order valence-corrected chi connectivity index (χ1v) is 6.25. The zero-order valence-corrected chi connectivity index (χ0v) is 12.0. The molecule has 0 amide bonds. The topological polar surface area (TPSA) is 23.5 Å². The lowest BCUT2D eigenvalue weighted by Gasteiger charge is -2.14. The summed E-state index contributed by atoms with van der Waals surface area (Å²) in [5.41, 5.74) is 2.05. The molecule has 1 aromatic rings. The molecule has 1 N–H and O–H groups in total. The minimum Gasteiger partial charge on any atom is -0.387 e. The molecule has 98 valence electrons. The third-order valence-electron chi connectivity index (χ3n) is 2.55. The molecule has 2 heteroatoms. The van der Waals surface area contributed by atoms with E-state index in [1.165, 1.54) is 0 Å². The summed E-state index contributed by atoms with van der Waals surface area (Å²) in [5.74, 6) is 6.18. The monoisotopic (exact) mass is 245 g/mol. The van der Waals surface area contributed by atoms with Crippen molar-refractivity contribution in [1.82, 2.24) is 0 Å². The molecule has 0 fully saturated rings. The van der Waals surface area contributed by atoms with E-state index in [9.17, 15) is 5.11 Å². The molecule has 0 aliphatic rings. The van der Waals surface area contributed by atoms with Gasteiger partial charge in [0.2, 0.25) is 0 Å². The molecule has 1 unspecified atom stereocenters. The third-order valence-corrected chi connectivity index (χ3v) is 2.55. The molecule has 0 bridgehead atoms. The molecule has 0 saturated heterocycles. The molecule has 0 aliphatic heterocycles. The summed E-state index contributed by atoms with van der Waals surface area (Å²) >= 11 is 0. The van der Waals surface area contributed by atoms with E-state index < -0.39 is 6.10 Å². The van der Waals surface area contributed by atoms with E-state index >= 15 is 0 Å². The minimum atomic E-state index is -0.504. The molecule has 0 heterocycles. The lowest BCUT2D eigenvalue weighted by Crippen LogP contribution is -2.08. The number of benzene rings is 1. The van der Waals surface area contributed by atoms with Gasteiger partial charge in [-0.05, 0) is 38.5 Å². The van der Waals surface area contributed by atoms with Gasteiger partial charge in [-0.1, -0.05) is 24.0 Å². The molecule has 2 nitrogen and oxygen atoms in total. The molecule has 0 spiro atoms. The quantitative estimate of drug-likeness (QED) is 0.826. The van der Waals surface area contributed by atoms with Crippen molar-refractivity contribution in [3.05, 3.63) is 29.8 Å². The van der Waals surface area contributed by atoms with Gasteiger partial charge in [0.1, 0.15) is 0 Å². The maximum absolute atomic E-state index is 10.0. The van der Waals surface area contributed by atoms with Crippen molar-refractivity contribution in [1.29, 1.82) is 0 Å². The Balaban J connectivity index is 2.67. The fourth-order valence-corrected chi connectivity index (χ4v) is 1.53. The van der Waals surface area contributed by atoms with Crippen LogP contribution >= 0.6 is 0 Å². The van der Waals surface area contributed by atoms with Crippen molar-refractivity contribution in [2.75, 3.05) is 19.0 Å². The lowest BCUT2D eigenvalue weighted by atomic mass is 9.97. The Morgan fingerprint density at radius 1 is 1.17 bits per heavy atom. The molecule has 0 aliphatic carbocycles. The van der Waals surface area contributed by atoms with E-state index in [4.69, 9.17) is 0 Å². The van der Waals surface area contributed by atoms with Crippen LogP contribution < -0.4 is 4.90 Å². The van der Waals surface area contributed by atoms with Crippen LogP contribution in [-0.2, 0) is 0 Å². The normalized spacial score (nSPS) is 12.6. The van der Waals surface area contributed by atoms with Crippen molar-refractivity contribution >= 4 is 5.69 Å².